The third kappa shape index (κ3) is 4.15. The highest BCUT2D eigenvalue weighted by molar-refractivity contribution is 6.32. The van der Waals surface area contributed by atoms with Crippen molar-refractivity contribution in [3.63, 3.8) is 0 Å². The van der Waals surface area contributed by atoms with Crippen LogP contribution in [0.2, 0.25) is 5.02 Å². The van der Waals surface area contributed by atoms with Gasteiger partial charge >= 0.3 is 0 Å². The molecule has 3 aromatic carbocycles. The van der Waals surface area contributed by atoms with Gasteiger partial charge in [-0.15, -0.1) is 0 Å². The zero-order valence-corrected chi connectivity index (χ0v) is 16.1. The average molecular weight is 405 g/mol. The van der Waals surface area contributed by atoms with Gasteiger partial charge in [0.2, 0.25) is 0 Å². The van der Waals surface area contributed by atoms with Crippen molar-refractivity contribution in [3.8, 4) is 5.75 Å². The molecule has 0 atom stereocenters. The van der Waals surface area contributed by atoms with Gasteiger partial charge in [0.1, 0.15) is 17.9 Å². The number of benzene rings is 3. The Morgan fingerprint density at radius 3 is 2.48 bits per heavy atom. The van der Waals surface area contributed by atoms with Gasteiger partial charge in [0.05, 0.1) is 5.69 Å². The highest BCUT2D eigenvalue weighted by atomic mass is 35.5. The summed E-state index contributed by atoms with van der Waals surface area (Å²) in [6.07, 6.45) is 1.56. The number of rotatable bonds is 5. The number of para-hydroxylation sites is 1. The number of hydrogen-bond acceptors (Lipinski definition) is 3. The highest BCUT2D eigenvalue weighted by Gasteiger charge is 2.34. The van der Waals surface area contributed by atoms with Crippen LogP contribution in [0.4, 0.5) is 5.69 Å². The molecular weight excluding hydrogens is 388 g/mol. The van der Waals surface area contributed by atoms with Crippen LogP contribution in [0.3, 0.4) is 0 Å². The number of ether oxygens (including phenoxy) is 1. The predicted molar refractivity (Wildman–Crippen MR) is 112 cm³/mol. The van der Waals surface area contributed by atoms with Gasteiger partial charge in [0.25, 0.3) is 11.8 Å². The third-order valence-corrected chi connectivity index (χ3v) is 4.80. The van der Waals surface area contributed by atoms with Crippen molar-refractivity contribution in [2.75, 3.05) is 5.01 Å². The Morgan fingerprint density at radius 2 is 1.69 bits per heavy atom. The fourth-order valence-electron chi connectivity index (χ4n) is 2.95. The van der Waals surface area contributed by atoms with Crippen LogP contribution < -0.4 is 15.2 Å². The minimum atomic E-state index is -0.443. The standard InChI is InChI=1S/C23H17ClN2O3/c24-21-12-5-4-8-17(21)15-29-19-11-6-7-16(13-19)14-20-22(27)25-26(23(20)28)18-9-2-1-3-10-18/h1-14H,15H2,(H,25,27)/b20-14-. The van der Waals surface area contributed by atoms with Crippen LogP contribution in [0, 0.1) is 0 Å². The van der Waals surface area contributed by atoms with Crippen LogP contribution in [0.25, 0.3) is 6.08 Å². The lowest BCUT2D eigenvalue weighted by Gasteiger charge is -2.13. The van der Waals surface area contributed by atoms with E-state index in [1.165, 1.54) is 5.01 Å². The minimum absolute atomic E-state index is 0.0668. The van der Waals surface area contributed by atoms with Gasteiger partial charge in [0, 0.05) is 10.6 Å². The second-order valence-electron chi connectivity index (χ2n) is 6.43. The second-order valence-corrected chi connectivity index (χ2v) is 6.83. The van der Waals surface area contributed by atoms with E-state index in [1.807, 2.05) is 36.4 Å². The first-order valence-electron chi connectivity index (χ1n) is 9.00. The van der Waals surface area contributed by atoms with E-state index in [1.54, 1.807) is 48.5 Å². The Balaban J connectivity index is 1.52. The summed E-state index contributed by atoms with van der Waals surface area (Å²) in [7, 11) is 0. The van der Waals surface area contributed by atoms with E-state index >= 15 is 0 Å². The summed E-state index contributed by atoms with van der Waals surface area (Å²) in [5, 5.41) is 1.88. The lowest BCUT2D eigenvalue weighted by molar-refractivity contribution is -0.117. The molecule has 0 bridgehead atoms. The molecule has 0 saturated carbocycles. The van der Waals surface area contributed by atoms with Gasteiger partial charge < -0.3 is 4.74 Å². The van der Waals surface area contributed by atoms with E-state index in [2.05, 4.69) is 5.43 Å². The summed E-state index contributed by atoms with van der Waals surface area (Å²) in [6.45, 7) is 0.320. The Bertz CT molecular complexity index is 1100. The first kappa shape index (κ1) is 18.8. The number of hydrazine groups is 1. The molecule has 0 aliphatic carbocycles. The van der Waals surface area contributed by atoms with Crippen molar-refractivity contribution in [2.45, 2.75) is 6.61 Å². The number of nitrogens with one attached hydrogen (secondary N) is 1. The van der Waals surface area contributed by atoms with Crippen molar-refractivity contribution in [3.05, 3.63) is 101 Å². The lowest BCUT2D eigenvalue weighted by atomic mass is 10.1. The van der Waals surface area contributed by atoms with Gasteiger partial charge in [-0.1, -0.05) is 60.1 Å². The summed E-state index contributed by atoms with van der Waals surface area (Å²) in [5.41, 5.74) is 4.82. The average Bonchev–Trinajstić information content (AvgIpc) is 3.02. The molecule has 5 nitrogen and oxygen atoms in total. The van der Waals surface area contributed by atoms with Crippen LogP contribution in [0.1, 0.15) is 11.1 Å². The number of anilines is 1. The quantitative estimate of drug-likeness (QED) is 0.507. The molecule has 1 N–H and O–H groups in total. The Kier molecular flexibility index (Phi) is 5.31. The summed E-state index contributed by atoms with van der Waals surface area (Å²) in [6, 6.07) is 23.6. The topological polar surface area (TPSA) is 58.6 Å². The van der Waals surface area contributed by atoms with Gasteiger partial charge in [0.15, 0.2) is 0 Å². The molecule has 2 amide bonds. The zero-order chi connectivity index (χ0) is 20.2. The summed E-state index contributed by atoms with van der Waals surface area (Å²) in [5.74, 6) is -0.227. The Hall–Kier alpha value is -3.57. The van der Waals surface area contributed by atoms with Crippen molar-refractivity contribution in [2.24, 2.45) is 0 Å². The molecule has 144 valence electrons. The third-order valence-electron chi connectivity index (χ3n) is 4.43. The van der Waals surface area contributed by atoms with Crippen molar-refractivity contribution >= 4 is 35.2 Å². The maximum absolute atomic E-state index is 12.7. The Morgan fingerprint density at radius 1 is 0.931 bits per heavy atom. The molecule has 0 radical (unpaired) electrons. The highest BCUT2D eigenvalue weighted by Crippen LogP contribution is 2.23. The molecule has 1 aliphatic heterocycles. The van der Waals surface area contributed by atoms with E-state index in [9.17, 15) is 9.59 Å². The molecule has 4 rings (SSSR count). The van der Waals surface area contributed by atoms with Crippen molar-refractivity contribution in [1.29, 1.82) is 0 Å². The Labute approximate surface area is 173 Å². The smallest absolute Gasteiger partial charge is 0.282 e. The summed E-state index contributed by atoms with van der Waals surface area (Å²) in [4.78, 5) is 25.0. The minimum Gasteiger partial charge on any atom is -0.489 e. The van der Waals surface area contributed by atoms with E-state index < -0.39 is 11.8 Å². The van der Waals surface area contributed by atoms with Crippen molar-refractivity contribution in [1.82, 2.24) is 5.43 Å². The fraction of sp³-hybridized carbons (Fsp3) is 0.0435. The monoisotopic (exact) mass is 404 g/mol. The number of nitrogens with zero attached hydrogens (tertiary/aromatic N) is 1. The molecule has 6 heteroatoms. The molecule has 1 saturated heterocycles. The molecule has 1 aliphatic rings. The lowest BCUT2D eigenvalue weighted by Crippen LogP contribution is -2.35. The maximum atomic E-state index is 12.7. The molecule has 0 aromatic heterocycles. The number of halogens is 1. The van der Waals surface area contributed by atoms with Crippen LogP contribution >= 0.6 is 11.6 Å². The van der Waals surface area contributed by atoms with E-state index in [0.717, 1.165) is 5.56 Å². The normalized spacial score (nSPS) is 14.9. The molecule has 1 heterocycles. The number of carbonyl (C=O) groups excluding carboxylic acids is 2. The van der Waals surface area contributed by atoms with E-state index in [0.29, 0.717) is 28.6 Å². The first-order valence-corrected chi connectivity index (χ1v) is 9.38. The van der Waals surface area contributed by atoms with Crippen LogP contribution in [-0.4, -0.2) is 11.8 Å². The number of carbonyl (C=O) groups is 2. The molecule has 0 spiro atoms. The predicted octanol–water partition coefficient (Wildman–Crippen LogP) is 4.38. The van der Waals surface area contributed by atoms with Crippen LogP contribution in [0.15, 0.2) is 84.4 Å². The van der Waals surface area contributed by atoms with E-state index in [-0.39, 0.29) is 5.57 Å². The molecule has 29 heavy (non-hydrogen) atoms. The van der Waals surface area contributed by atoms with Crippen LogP contribution in [-0.2, 0) is 16.2 Å². The summed E-state index contributed by atoms with van der Waals surface area (Å²) < 4.78 is 5.81. The first-order chi connectivity index (χ1) is 14.1. The molecule has 0 unspecified atom stereocenters. The van der Waals surface area contributed by atoms with Gasteiger partial charge in [-0.2, -0.15) is 0 Å². The fourth-order valence-corrected chi connectivity index (χ4v) is 3.14. The molecular formula is C23H17ClN2O3. The maximum Gasteiger partial charge on any atom is 0.282 e. The molecule has 1 fully saturated rings. The van der Waals surface area contributed by atoms with Gasteiger partial charge in [-0.3, -0.25) is 15.0 Å². The number of hydrogen-bond donors (Lipinski definition) is 1. The zero-order valence-electron chi connectivity index (χ0n) is 15.3. The van der Waals surface area contributed by atoms with Crippen LogP contribution in [0.5, 0.6) is 5.75 Å². The second kappa shape index (κ2) is 8.20. The SMILES string of the molecule is O=C1NN(c2ccccc2)C(=O)/C1=C\c1cccc(OCc2ccccc2Cl)c1. The largest absolute Gasteiger partial charge is 0.489 e. The van der Waals surface area contributed by atoms with Gasteiger partial charge in [-0.25, -0.2) is 5.01 Å². The van der Waals surface area contributed by atoms with E-state index in [4.69, 9.17) is 16.3 Å². The number of amides is 2. The molecule has 3 aromatic rings. The van der Waals surface area contributed by atoms with Crippen molar-refractivity contribution < 1.29 is 14.3 Å². The summed E-state index contributed by atoms with van der Waals surface area (Å²) >= 11 is 6.16. The van der Waals surface area contributed by atoms with Gasteiger partial charge in [-0.05, 0) is 42.0 Å².